The van der Waals surface area contributed by atoms with Crippen LogP contribution in [0.15, 0.2) is 23.1 Å². The first-order valence-electron chi connectivity index (χ1n) is 4.43. The molecule has 1 aliphatic heterocycles. The van der Waals surface area contributed by atoms with E-state index < -0.39 is 10.1 Å². The number of hydrogen-bond acceptors (Lipinski definition) is 5. The Bertz CT molecular complexity index is 471. The van der Waals surface area contributed by atoms with Crippen LogP contribution in [0.4, 0.5) is 0 Å². The van der Waals surface area contributed by atoms with E-state index in [1.54, 1.807) is 0 Å². The van der Waals surface area contributed by atoms with Crippen molar-refractivity contribution in [3.63, 3.8) is 0 Å². The molecule has 1 aliphatic rings. The second kappa shape index (κ2) is 5.37. The molecule has 16 heavy (non-hydrogen) atoms. The smallest absolute Gasteiger partial charge is 0.744 e. The molecular weight excluding hydrogens is 243 g/mol. The van der Waals surface area contributed by atoms with Crippen LogP contribution in [0.3, 0.4) is 0 Å². The third-order valence-corrected chi connectivity index (χ3v) is 2.84. The van der Waals surface area contributed by atoms with Crippen LogP contribution in [0, 0.1) is 0 Å². The number of benzene rings is 1. The maximum atomic E-state index is 10.8. The third-order valence-electron chi connectivity index (χ3n) is 2.01. The van der Waals surface area contributed by atoms with E-state index in [-0.39, 0.29) is 34.5 Å². The largest absolute Gasteiger partial charge is 1.00 e. The van der Waals surface area contributed by atoms with Gasteiger partial charge in [-0.1, -0.05) is 0 Å². The summed E-state index contributed by atoms with van der Waals surface area (Å²) in [5.41, 5.74) is 0. The van der Waals surface area contributed by atoms with Gasteiger partial charge < -0.3 is 14.0 Å². The molecule has 0 radical (unpaired) electrons. The van der Waals surface area contributed by atoms with Crippen molar-refractivity contribution in [2.24, 2.45) is 0 Å². The van der Waals surface area contributed by atoms with Crippen molar-refractivity contribution in [3.8, 4) is 11.5 Å². The van der Waals surface area contributed by atoms with Crippen molar-refractivity contribution < 1.29 is 52.0 Å². The molecule has 1 aromatic carbocycles. The average molecular weight is 252 g/mol. The Balaban J connectivity index is 0.00000128. The van der Waals surface area contributed by atoms with Crippen molar-refractivity contribution in [3.05, 3.63) is 18.2 Å². The van der Waals surface area contributed by atoms with Crippen LogP contribution in [-0.4, -0.2) is 26.2 Å². The van der Waals surface area contributed by atoms with Gasteiger partial charge in [0.25, 0.3) is 0 Å². The number of rotatable bonds is 1. The third kappa shape index (κ3) is 3.11. The minimum absolute atomic E-state index is 0. The molecule has 0 atom stereocenters. The zero-order valence-electron chi connectivity index (χ0n) is 8.80. The second-order valence-electron chi connectivity index (χ2n) is 3.11. The van der Waals surface area contributed by atoms with Crippen LogP contribution >= 0.6 is 0 Å². The molecule has 0 aromatic heterocycles. The van der Waals surface area contributed by atoms with Gasteiger partial charge in [0.15, 0.2) is 11.5 Å². The normalized spacial score (nSPS) is 14.8. The van der Waals surface area contributed by atoms with E-state index in [1.165, 1.54) is 18.2 Å². The minimum Gasteiger partial charge on any atom is -0.744 e. The van der Waals surface area contributed by atoms with Crippen LogP contribution in [-0.2, 0) is 10.1 Å². The summed E-state index contributed by atoms with van der Waals surface area (Å²) >= 11 is 0. The molecule has 7 heteroatoms. The predicted octanol–water partition coefficient (Wildman–Crippen LogP) is -2.24. The summed E-state index contributed by atoms with van der Waals surface area (Å²) < 4.78 is 42.8. The molecular formula is C9H9NaO5S. The molecule has 0 N–H and O–H groups in total. The van der Waals surface area contributed by atoms with Crippen LogP contribution in [0.1, 0.15) is 6.42 Å². The summed E-state index contributed by atoms with van der Waals surface area (Å²) in [5.74, 6) is 0.782. The van der Waals surface area contributed by atoms with Crippen molar-refractivity contribution in [2.75, 3.05) is 13.2 Å². The number of fused-ring (bicyclic) bond motifs is 1. The van der Waals surface area contributed by atoms with Crippen molar-refractivity contribution in [1.29, 1.82) is 0 Å². The summed E-state index contributed by atoms with van der Waals surface area (Å²) in [5, 5.41) is 0. The fraction of sp³-hybridized carbons (Fsp3) is 0.333. The van der Waals surface area contributed by atoms with Gasteiger partial charge in [-0.2, -0.15) is 0 Å². The maximum Gasteiger partial charge on any atom is 1.00 e. The van der Waals surface area contributed by atoms with Crippen molar-refractivity contribution >= 4 is 10.1 Å². The fourth-order valence-electron chi connectivity index (χ4n) is 1.30. The van der Waals surface area contributed by atoms with Gasteiger partial charge in [0.1, 0.15) is 10.1 Å². The Morgan fingerprint density at radius 3 is 2.38 bits per heavy atom. The zero-order chi connectivity index (χ0) is 10.9. The number of ether oxygens (including phenoxy) is 2. The molecule has 0 aliphatic carbocycles. The van der Waals surface area contributed by atoms with E-state index in [2.05, 4.69) is 0 Å². The van der Waals surface area contributed by atoms with E-state index in [4.69, 9.17) is 9.47 Å². The van der Waals surface area contributed by atoms with Crippen LogP contribution in [0.25, 0.3) is 0 Å². The van der Waals surface area contributed by atoms with Gasteiger partial charge in [0.2, 0.25) is 0 Å². The predicted molar refractivity (Wildman–Crippen MR) is 50.0 cm³/mol. The number of hydrogen-bond donors (Lipinski definition) is 0. The molecule has 5 nitrogen and oxygen atoms in total. The topological polar surface area (TPSA) is 75.7 Å². The maximum absolute atomic E-state index is 10.8. The SMILES string of the molecule is O=S(=O)([O-])c1ccc2c(c1)OCCCO2.[Na+]. The molecule has 1 heterocycles. The summed E-state index contributed by atoms with van der Waals surface area (Å²) in [7, 11) is -4.43. The van der Waals surface area contributed by atoms with Crippen LogP contribution in [0.2, 0.25) is 0 Å². The summed E-state index contributed by atoms with van der Waals surface area (Å²) in [6, 6.07) is 3.85. The Morgan fingerprint density at radius 2 is 1.75 bits per heavy atom. The Hall–Kier alpha value is -0.270. The van der Waals surface area contributed by atoms with Gasteiger partial charge in [-0.3, -0.25) is 0 Å². The standard InChI is InChI=1S/C9H10O5S.Na/c10-15(11,12)7-2-3-8-9(6-7)14-5-1-4-13-8;/h2-3,6H,1,4-5H2,(H,10,11,12);/q;+1/p-1. The summed E-state index contributed by atoms with van der Waals surface area (Å²) in [6.45, 7) is 0.978. The van der Waals surface area contributed by atoms with Gasteiger partial charge in [0.05, 0.1) is 18.1 Å². The first kappa shape index (κ1) is 13.8. The van der Waals surface area contributed by atoms with E-state index in [1.807, 2.05) is 0 Å². The van der Waals surface area contributed by atoms with Gasteiger partial charge >= 0.3 is 29.6 Å². The van der Waals surface area contributed by atoms with Crippen LogP contribution in [0.5, 0.6) is 11.5 Å². The van der Waals surface area contributed by atoms with E-state index in [0.717, 1.165) is 6.42 Å². The van der Waals surface area contributed by atoms with Gasteiger partial charge in [0, 0.05) is 12.5 Å². The molecule has 1 aromatic rings. The van der Waals surface area contributed by atoms with Gasteiger partial charge in [-0.25, -0.2) is 8.42 Å². The Labute approximate surface area is 116 Å². The minimum atomic E-state index is -4.43. The second-order valence-corrected chi connectivity index (χ2v) is 4.49. The van der Waals surface area contributed by atoms with Gasteiger partial charge in [-0.15, -0.1) is 0 Å². The molecule has 0 spiro atoms. The van der Waals surface area contributed by atoms with Crippen LogP contribution < -0.4 is 39.0 Å². The van der Waals surface area contributed by atoms with Crippen molar-refractivity contribution in [1.82, 2.24) is 0 Å². The molecule has 0 saturated carbocycles. The quantitative estimate of drug-likeness (QED) is 0.417. The van der Waals surface area contributed by atoms with Gasteiger partial charge in [-0.05, 0) is 12.1 Å². The fourth-order valence-corrected chi connectivity index (χ4v) is 1.79. The Kier molecular flexibility index (Phi) is 4.63. The molecule has 0 bridgehead atoms. The Morgan fingerprint density at radius 1 is 1.12 bits per heavy atom. The van der Waals surface area contributed by atoms with E-state index in [0.29, 0.717) is 24.7 Å². The summed E-state index contributed by atoms with van der Waals surface area (Å²) in [4.78, 5) is -0.299. The molecule has 0 saturated heterocycles. The first-order valence-corrected chi connectivity index (χ1v) is 5.84. The molecule has 0 amide bonds. The first-order chi connectivity index (χ1) is 7.07. The molecule has 0 fully saturated rings. The summed E-state index contributed by atoms with van der Waals surface area (Å²) in [6.07, 6.45) is 0.730. The van der Waals surface area contributed by atoms with E-state index in [9.17, 15) is 13.0 Å². The molecule has 0 unspecified atom stereocenters. The monoisotopic (exact) mass is 252 g/mol. The molecule has 2 rings (SSSR count). The van der Waals surface area contributed by atoms with Crippen molar-refractivity contribution in [2.45, 2.75) is 11.3 Å². The average Bonchev–Trinajstić information content (AvgIpc) is 2.39. The zero-order valence-corrected chi connectivity index (χ0v) is 11.6. The molecule has 82 valence electrons. The van der Waals surface area contributed by atoms with E-state index >= 15 is 0 Å².